The van der Waals surface area contributed by atoms with E-state index in [4.69, 9.17) is 9.47 Å². The quantitative estimate of drug-likeness (QED) is 0.0292. The number of phenolic OH excluding ortho intramolecular Hbond substituents is 2. The van der Waals surface area contributed by atoms with E-state index >= 15 is 0 Å². The van der Waals surface area contributed by atoms with Crippen LogP contribution in [0.25, 0.3) is 44.5 Å². The van der Waals surface area contributed by atoms with Gasteiger partial charge in [-0.1, -0.05) is 39.5 Å². The van der Waals surface area contributed by atoms with E-state index in [1.54, 1.807) is 0 Å². The maximum Gasteiger partial charge on any atom is 2.00 e. The van der Waals surface area contributed by atoms with Crippen LogP contribution in [0.15, 0.2) is 97.1 Å². The molecule has 518 valence electrons. The van der Waals surface area contributed by atoms with Crippen molar-refractivity contribution in [2.75, 3.05) is 10.9 Å². The molecule has 6 aromatic carbocycles. The molecule has 0 bridgehead atoms. The molecule has 0 saturated heterocycles. The van der Waals surface area contributed by atoms with Gasteiger partial charge in [-0.2, -0.15) is 0 Å². The molecule has 0 saturated carbocycles. The molecule has 0 atom stereocenters. The van der Waals surface area contributed by atoms with E-state index < -0.39 is 13.3 Å². The number of rotatable bonds is 28. The Bertz CT molecular complexity index is 3050. The van der Waals surface area contributed by atoms with E-state index in [9.17, 15) is 10.2 Å². The molecule has 6 rings (SSSR count). The Kier molecular flexibility index (Phi) is 31.5. The first-order chi connectivity index (χ1) is 42.2. The molecule has 0 heterocycles. The van der Waals surface area contributed by atoms with Crippen LogP contribution in [-0.2, 0) is 71.5 Å². The zero-order chi connectivity index (χ0) is 67.7. The van der Waals surface area contributed by atoms with Crippen LogP contribution in [0.3, 0.4) is 0 Å². The Balaban J connectivity index is 0.00000768. The minimum atomic E-state index is -3.28. The van der Waals surface area contributed by atoms with Crippen molar-refractivity contribution in [1.82, 2.24) is 0 Å². The molecule has 6 aromatic rings. The summed E-state index contributed by atoms with van der Waals surface area (Å²) in [5.41, 5.74) is 18.0. The predicted molar refractivity (Wildman–Crippen MR) is 413 cm³/mol. The van der Waals surface area contributed by atoms with Crippen LogP contribution in [0.1, 0.15) is 288 Å². The Hall–Kier alpha value is -4.05. The van der Waals surface area contributed by atoms with Crippen LogP contribution in [0, 0.1) is 26.7 Å². The first-order valence-electron chi connectivity index (χ1n) is 35.8. The molecular weight excluding hydrogens is 1280 g/mol. The van der Waals surface area contributed by atoms with E-state index in [1.165, 1.54) is 109 Å². The third-order valence-corrected chi connectivity index (χ3v) is 29.2. The summed E-state index contributed by atoms with van der Waals surface area (Å²) in [5, 5.41) is 28.5. The van der Waals surface area contributed by atoms with Gasteiger partial charge in [-0.15, -0.1) is 0 Å². The average molecular weight is 1420 g/mol. The van der Waals surface area contributed by atoms with Gasteiger partial charge in [0.15, 0.2) is 0 Å². The molecule has 0 unspecified atom stereocenters. The topological polar surface area (TPSA) is 58.9 Å². The largest absolute Gasteiger partial charge is 2.00 e. The number of hydrogen-bond donors (Lipinski definition) is 2. The first kappa shape index (κ1) is 84.2. The van der Waals surface area contributed by atoms with Gasteiger partial charge in [-0.3, -0.25) is 0 Å². The molecule has 0 aliphatic rings. The van der Waals surface area contributed by atoms with Gasteiger partial charge in [-0.05, 0) is 0 Å². The van der Waals surface area contributed by atoms with Gasteiger partial charge >= 0.3 is 550 Å². The normalized spacial score (nSPS) is 12.6. The first-order valence-corrected chi connectivity index (χ1v) is 41.8. The monoisotopic (exact) mass is 1420 g/mol. The molecule has 94 heavy (non-hydrogen) atoms. The fourth-order valence-electron chi connectivity index (χ4n) is 13.3. The van der Waals surface area contributed by atoms with Crippen molar-refractivity contribution in [2.45, 2.75) is 299 Å². The average Bonchev–Trinajstić information content (AvgIpc) is 0.774. The molecule has 0 radical (unpaired) electrons. The Morgan fingerprint density at radius 1 is 0.340 bits per heavy atom. The van der Waals surface area contributed by atoms with E-state index in [0.717, 1.165) is 92.2 Å². The molecule has 2 N–H and O–H groups in total. The number of ether oxygens (including phenoxy) is 2. The second-order valence-electron chi connectivity index (χ2n) is 34.9. The number of aryl methyl sites for hydroxylation is 2. The summed E-state index contributed by atoms with van der Waals surface area (Å²) in [6.45, 7) is 55.3. The Morgan fingerprint density at radius 3 is 0.894 bits per heavy atom. The molecule has 0 aliphatic heterocycles. The second kappa shape index (κ2) is 35.1. The van der Waals surface area contributed by atoms with Crippen LogP contribution in [-0.4, -0.2) is 34.4 Å². The SMILES string of the molecule is CCCCCCCCc1cc(-c2cc(C(C)(C)C)cc(C(C)(C)C)c2)c(O)c(-c2cc(C(C)(C)C)ccc2O[CH2][Ge]([CH2]Oc2ccc(C(C)(C)C)cc2-c2cc(CCCCCCCC)cc(-c3cc(C(C)(C)C)cc(C(C)(C)C)c3)c2O)([CH2]C(C)C)[CH2]C(C)C)c1.[CH3-].[CH3-].[Zr+2]. The van der Waals surface area contributed by atoms with Gasteiger partial charge in [-0.25, -0.2) is 0 Å². The fourth-order valence-corrected chi connectivity index (χ4v) is 24.0. The van der Waals surface area contributed by atoms with Gasteiger partial charge in [0, 0.05) is 0 Å². The van der Waals surface area contributed by atoms with E-state index in [2.05, 4.69) is 263 Å². The van der Waals surface area contributed by atoms with E-state index in [-0.39, 0.29) is 73.5 Å². The standard InChI is InChI=1S/C86H128GeO4.2CH3.Zr/c1-25-27-29-31-33-35-37-61-43-71(63-47-67(83(13,14)15)51-68(48-63)84(16,17)18)79(88)75(45-61)73-53-65(81(7,8)9)39-41-77(73)90-57-87(55-59(3)4,56-60(5)6)58-91-78-42-40-66(82(10,11)12)54-74(78)76-46-62(38-36-34-32-30-28-26-2)44-72(80(76)89)64-49-69(85(19,20)21)52-70(50-64)86(22,23)24;;;/h39-54,59-60,88-89H,25-38,55-58H2,1-24H3;2*1H3;/q;2*-1;+2. The smallest absolute Gasteiger partial charge is 0.358 e. The van der Waals surface area contributed by atoms with Crippen molar-refractivity contribution < 1.29 is 45.9 Å². The van der Waals surface area contributed by atoms with E-state index in [1.807, 2.05) is 0 Å². The number of aromatic hydroxyl groups is 2. The summed E-state index contributed by atoms with van der Waals surface area (Å²) >= 11 is -3.28. The minimum absolute atomic E-state index is 0. The van der Waals surface area contributed by atoms with Crippen LogP contribution < -0.4 is 9.47 Å². The van der Waals surface area contributed by atoms with Crippen LogP contribution in [0.2, 0.25) is 10.5 Å². The molecule has 4 nitrogen and oxygen atoms in total. The third-order valence-electron chi connectivity index (χ3n) is 19.0. The fraction of sp³-hybridized carbons (Fsp3) is 0.568. The van der Waals surface area contributed by atoms with Gasteiger partial charge < -0.3 is 14.9 Å². The van der Waals surface area contributed by atoms with Crippen molar-refractivity contribution in [3.05, 3.63) is 156 Å². The van der Waals surface area contributed by atoms with Crippen LogP contribution >= 0.6 is 0 Å². The van der Waals surface area contributed by atoms with Gasteiger partial charge in [0.05, 0.1) is 0 Å². The van der Waals surface area contributed by atoms with Crippen molar-refractivity contribution in [3.63, 3.8) is 0 Å². The van der Waals surface area contributed by atoms with Crippen LogP contribution in [0.5, 0.6) is 23.0 Å². The summed E-state index contributed by atoms with van der Waals surface area (Å²) in [6.07, 6.45) is 16.5. The summed E-state index contributed by atoms with van der Waals surface area (Å²) < 4.78 is 15.2. The summed E-state index contributed by atoms with van der Waals surface area (Å²) in [4.78, 5) is 0. The van der Waals surface area contributed by atoms with Gasteiger partial charge in [0.2, 0.25) is 0 Å². The van der Waals surface area contributed by atoms with Crippen molar-refractivity contribution in [1.29, 1.82) is 0 Å². The van der Waals surface area contributed by atoms with Crippen molar-refractivity contribution in [2.24, 2.45) is 11.8 Å². The third kappa shape index (κ3) is 23.6. The molecule has 0 aromatic heterocycles. The van der Waals surface area contributed by atoms with Crippen LogP contribution in [0.4, 0.5) is 0 Å². The summed E-state index contributed by atoms with van der Waals surface area (Å²) in [6, 6.07) is 36.8. The number of hydrogen-bond acceptors (Lipinski definition) is 4. The zero-order valence-corrected chi connectivity index (χ0v) is 69.4. The maximum atomic E-state index is 13.2. The molecule has 0 amide bonds. The minimum Gasteiger partial charge on any atom is -0.358 e. The van der Waals surface area contributed by atoms with Crippen molar-refractivity contribution >= 4 is 13.3 Å². The number of benzene rings is 6. The van der Waals surface area contributed by atoms with Crippen molar-refractivity contribution in [3.8, 4) is 67.5 Å². The maximum absolute atomic E-state index is 13.2. The molecule has 6 heteroatoms. The zero-order valence-electron chi connectivity index (χ0n) is 64.8. The number of unbranched alkanes of at least 4 members (excludes halogenated alkanes) is 10. The number of phenols is 2. The Labute approximate surface area is 600 Å². The molecular formula is C88H134GeO4Zr. The predicted octanol–water partition coefficient (Wildman–Crippen LogP) is 26.6. The van der Waals surface area contributed by atoms with Gasteiger partial charge in [0.25, 0.3) is 0 Å². The second-order valence-corrected chi connectivity index (χ2v) is 44.1. The van der Waals surface area contributed by atoms with E-state index in [0.29, 0.717) is 34.2 Å². The molecule has 0 aliphatic carbocycles. The molecule has 0 fully saturated rings. The molecule has 0 spiro atoms. The Morgan fingerprint density at radius 2 is 0.617 bits per heavy atom. The summed E-state index contributed by atoms with van der Waals surface area (Å²) in [7, 11) is 0. The summed E-state index contributed by atoms with van der Waals surface area (Å²) in [5.74, 6) is 3.09. The van der Waals surface area contributed by atoms with Gasteiger partial charge in [0.1, 0.15) is 0 Å².